The van der Waals surface area contributed by atoms with Gasteiger partial charge in [0.05, 0.1) is 18.5 Å². The van der Waals surface area contributed by atoms with E-state index in [1.54, 1.807) is 11.1 Å². The first-order chi connectivity index (χ1) is 11.7. The maximum Gasteiger partial charge on any atom is 0.409 e. The molecule has 24 heavy (non-hydrogen) atoms. The van der Waals surface area contributed by atoms with Crippen LogP contribution in [0.25, 0.3) is 0 Å². The van der Waals surface area contributed by atoms with Gasteiger partial charge < -0.3 is 20.3 Å². The minimum Gasteiger partial charge on any atom is -0.450 e. The average molecular weight is 332 g/mol. The summed E-state index contributed by atoms with van der Waals surface area (Å²) >= 11 is 0. The van der Waals surface area contributed by atoms with Crippen molar-refractivity contribution in [3.63, 3.8) is 0 Å². The van der Waals surface area contributed by atoms with E-state index in [2.05, 4.69) is 15.6 Å². The van der Waals surface area contributed by atoms with Gasteiger partial charge >= 0.3 is 6.09 Å². The van der Waals surface area contributed by atoms with Crippen LogP contribution >= 0.6 is 0 Å². The monoisotopic (exact) mass is 332 g/mol. The number of likely N-dealkylation sites (tertiary alicyclic amines) is 1. The number of carbonyl (C=O) groups excluding carboxylic acids is 2. The molecule has 1 saturated heterocycles. The van der Waals surface area contributed by atoms with Gasteiger partial charge in [0, 0.05) is 25.0 Å². The number of piperidine rings is 1. The van der Waals surface area contributed by atoms with E-state index in [1.165, 1.54) is 0 Å². The Balaban J connectivity index is 1.45. The average Bonchev–Trinajstić information content (AvgIpc) is 3.42. The number of rotatable bonds is 5. The SMILES string of the molecule is CCOC(=O)N1CCC(Nc2ccc(NC(=O)C3CC3)cn2)CC1. The van der Waals surface area contributed by atoms with Crippen LogP contribution in [0.15, 0.2) is 18.3 Å². The Morgan fingerprint density at radius 2 is 2.00 bits per heavy atom. The largest absolute Gasteiger partial charge is 0.450 e. The highest BCUT2D eigenvalue weighted by Gasteiger charge is 2.29. The summed E-state index contributed by atoms with van der Waals surface area (Å²) in [6, 6.07) is 4.03. The molecule has 3 rings (SSSR count). The van der Waals surface area contributed by atoms with Crippen molar-refractivity contribution in [1.82, 2.24) is 9.88 Å². The van der Waals surface area contributed by atoms with Gasteiger partial charge in [-0.25, -0.2) is 9.78 Å². The summed E-state index contributed by atoms with van der Waals surface area (Å²) in [5.74, 6) is 1.06. The van der Waals surface area contributed by atoms with Crippen molar-refractivity contribution in [2.75, 3.05) is 30.3 Å². The summed E-state index contributed by atoms with van der Waals surface area (Å²) in [4.78, 5) is 29.5. The zero-order valence-corrected chi connectivity index (χ0v) is 14.0. The van der Waals surface area contributed by atoms with Crippen molar-refractivity contribution >= 4 is 23.5 Å². The van der Waals surface area contributed by atoms with E-state index in [4.69, 9.17) is 4.74 Å². The number of anilines is 2. The molecular formula is C17H24N4O3. The Morgan fingerprint density at radius 1 is 1.25 bits per heavy atom. The summed E-state index contributed by atoms with van der Waals surface area (Å²) < 4.78 is 5.02. The Bertz CT molecular complexity index is 578. The molecular weight excluding hydrogens is 308 g/mol. The summed E-state index contributed by atoms with van der Waals surface area (Å²) in [6.07, 6.45) is 5.15. The highest BCUT2D eigenvalue weighted by molar-refractivity contribution is 5.93. The fraction of sp³-hybridized carbons (Fsp3) is 0.588. The molecule has 2 fully saturated rings. The first kappa shape index (κ1) is 16.5. The van der Waals surface area contributed by atoms with Gasteiger partial charge in [-0.3, -0.25) is 4.79 Å². The summed E-state index contributed by atoms with van der Waals surface area (Å²) in [7, 11) is 0. The van der Waals surface area contributed by atoms with Crippen LogP contribution in [0.3, 0.4) is 0 Å². The summed E-state index contributed by atoms with van der Waals surface area (Å²) in [6.45, 7) is 3.59. The number of hydrogen-bond donors (Lipinski definition) is 2. The Hall–Kier alpha value is -2.31. The van der Waals surface area contributed by atoms with E-state index in [9.17, 15) is 9.59 Å². The first-order valence-electron chi connectivity index (χ1n) is 8.61. The minimum atomic E-state index is -0.232. The van der Waals surface area contributed by atoms with Gasteiger partial charge in [-0.1, -0.05) is 0 Å². The summed E-state index contributed by atoms with van der Waals surface area (Å²) in [5, 5.41) is 6.26. The molecule has 1 saturated carbocycles. The number of nitrogens with zero attached hydrogens (tertiary/aromatic N) is 2. The molecule has 2 N–H and O–H groups in total. The predicted molar refractivity (Wildman–Crippen MR) is 90.8 cm³/mol. The zero-order valence-electron chi connectivity index (χ0n) is 14.0. The fourth-order valence-corrected chi connectivity index (χ4v) is 2.77. The molecule has 7 heteroatoms. The van der Waals surface area contributed by atoms with Crippen molar-refractivity contribution in [1.29, 1.82) is 0 Å². The quantitative estimate of drug-likeness (QED) is 0.865. The topological polar surface area (TPSA) is 83.6 Å². The predicted octanol–water partition coefficient (Wildman–Crippen LogP) is 2.46. The molecule has 1 aromatic rings. The van der Waals surface area contributed by atoms with Crippen LogP contribution in [-0.2, 0) is 9.53 Å². The third kappa shape index (κ3) is 4.37. The lowest BCUT2D eigenvalue weighted by Gasteiger charge is -2.31. The third-order valence-electron chi connectivity index (χ3n) is 4.35. The molecule has 7 nitrogen and oxygen atoms in total. The highest BCUT2D eigenvalue weighted by Crippen LogP contribution is 2.30. The molecule has 2 amide bonds. The second kappa shape index (κ2) is 7.51. The van der Waals surface area contributed by atoms with Gasteiger partial charge in [0.1, 0.15) is 5.82 Å². The Kier molecular flexibility index (Phi) is 5.17. The van der Waals surface area contributed by atoms with E-state index in [1.807, 2.05) is 19.1 Å². The number of aromatic nitrogens is 1. The van der Waals surface area contributed by atoms with Crippen molar-refractivity contribution < 1.29 is 14.3 Å². The van der Waals surface area contributed by atoms with Crippen molar-refractivity contribution in [3.8, 4) is 0 Å². The van der Waals surface area contributed by atoms with E-state index in [-0.39, 0.29) is 24.0 Å². The van der Waals surface area contributed by atoms with E-state index in [0.717, 1.165) is 37.2 Å². The van der Waals surface area contributed by atoms with Crippen LogP contribution in [0.4, 0.5) is 16.3 Å². The van der Waals surface area contributed by atoms with Crippen LogP contribution in [0.2, 0.25) is 0 Å². The number of amides is 2. The second-order valence-corrected chi connectivity index (χ2v) is 6.30. The smallest absolute Gasteiger partial charge is 0.409 e. The molecule has 0 radical (unpaired) electrons. The molecule has 130 valence electrons. The molecule has 2 aliphatic rings. The van der Waals surface area contributed by atoms with Gasteiger partial charge in [0.2, 0.25) is 5.91 Å². The molecule has 1 aromatic heterocycles. The maximum atomic E-state index is 11.7. The normalized spacial score (nSPS) is 18.1. The number of hydrogen-bond acceptors (Lipinski definition) is 5. The number of pyridine rings is 1. The standard InChI is InChI=1S/C17H24N4O3/c1-2-24-17(23)21-9-7-13(8-10-21)19-15-6-5-14(11-18-15)20-16(22)12-3-4-12/h5-6,11-13H,2-4,7-10H2,1H3,(H,18,19)(H,20,22). The van der Waals surface area contributed by atoms with Gasteiger partial charge in [-0.2, -0.15) is 0 Å². The van der Waals surface area contributed by atoms with Crippen LogP contribution in [0.1, 0.15) is 32.6 Å². The molecule has 0 bridgehead atoms. The van der Waals surface area contributed by atoms with Crippen LogP contribution in [0.5, 0.6) is 0 Å². The van der Waals surface area contributed by atoms with Crippen LogP contribution in [-0.4, -0.2) is 47.6 Å². The van der Waals surface area contributed by atoms with Gasteiger partial charge in [0.15, 0.2) is 0 Å². The maximum absolute atomic E-state index is 11.7. The Morgan fingerprint density at radius 3 is 2.58 bits per heavy atom. The lowest BCUT2D eigenvalue weighted by atomic mass is 10.1. The first-order valence-corrected chi connectivity index (χ1v) is 8.61. The molecule has 2 heterocycles. The minimum absolute atomic E-state index is 0.0869. The third-order valence-corrected chi connectivity index (χ3v) is 4.35. The molecule has 1 aliphatic carbocycles. The second-order valence-electron chi connectivity index (χ2n) is 6.30. The van der Waals surface area contributed by atoms with Gasteiger partial charge in [0.25, 0.3) is 0 Å². The number of nitrogens with one attached hydrogen (secondary N) is 2. The highest BCUT2D eigenvalue weighted by atomic mass is 16.6. The van der Waals surface area contributed by atoms with Crippen molar-refractivity contribution in [2.45, 2.75) is 38.6 Å². The van der Waals surface area contributed by atoms with Gasteiger partial charge in [-0.15, -0.1) is 0 Å². The number of ether oxygens (including phenoxy) is 1. The number of carbonyl (C=O) groups is 2. The molecule has 1 aliphatic heterocycles. The van der Waals surface area contributed by atoms with Crippen LogP contribution in [0, 0.1) is 5.92 Å². The summed E-state index contributed by atoms with van der Waals surface area (Å²) in [5.41, 5.74) is 0.731. The molecule has 0 aromatic carbocycles. The zero-order chi connectivity index (χ0) is 16.9. The molecule has 0 atom stereocenters. The van der Waals surface area contributed by atoms with E-state index < -0.39 is 0 Å². The van der Waals surface area contributed by atoms with E-state index in [0.29, 0.717) is 19.7 Å². The molecule has 0 unspecified atom stereocenters. The van der Waals surface area contributed by atoms with E-state index >= 15 is 0 Å². The van der Waals surface area contributed by atoms with Crippen molar-refractivity contribution in [2.24, 2.45) is 5.92 Å². The molecule has 0 spiro atoms. The lowest BCUT2D eigenvalue weighted by molar-refractivity contribution is -0.117. The fourth-order valence-electron chi connectivity index (χ4n) is 2.77. The van der Waals surface area contributed by atoms with Crippen molar-refractivity contribution in [3.05, 3.63) is 18.3 Å². The van der Waals surface area contributed by atoms with Crippen LogP contribution < -0.4 is 10.6 Å². The lowest BCUT2D eigenvalue weighted by Crippen LogP contribution is -2.42. The van der Waals surface area contributed by atoms with Gasteiger partial charge in [-0.05, 0) is 44.7 Å². The Labute approximate surface area is 141 Å².